The Kier molecular flexibility index (Phi) is 6.11. The van der Waals surface area contributed by atoms with Crippen LogP contribution in [0.15, 0.2) is 0 Å². The van der Waals surface area contributed by atoms with E-state index >= 15 is 0 Å². The topological polar surface area (TPSA) is 35.6 Å². The molecule has 0 bridgehead atoms. The zero-order valence-corrected chi connectivity index (χ0v) is 12.4. The summed E-state index contributed by atoms with van der Waals surface area (Å²) in [5.41, 5.74) is 0. The van der Waals surface area contributed by atoms with Gasteiger partial charge in [0.15, 0.2) is 0 Å². The van der Waals surface area contributed by atoms with Crippen molar-refractivity contribution in [1.29, 1.82) is 0 Å². The summed E-state index contributed by atoms with van der Waals surface area (Å²) in [4.78, 5) is 16.5. The Hall–Kier alpha value is -0.610. The number of nitrogens with zero attached hydrogens (tertiary/aromatic N) is 2. The highest BCUT2D eigenvalue weighted by molar-refractivity contribution is 5.78. The van der Waals surface area contributed by atoms with Crippen LogP contribution < -0.4 is 5.32 Å². The van der Waals surface area contributed by atoms with E-state index in [9.17, 15) is 4.79 Å². The van der Waals surface area contributed by atoms with Gasteiger partial charge in [-0.3, -0.25) is 4.79 Å². The zero-order valence-electron chi connectivity index (χ0n) is 12.4. The Bertz CT molecular complexity index is 269. The Morgan fingerprint density at radius 3 is 2.42 bits per heavy atom. The molecule has 0 unspecified atom stereocenters. The number of carbonyl (C=O) groups is 1. The monoisotopic (exact) mass is 267 g/mol. The lowest BCUT2D eigenvalue weighted by Gasteiger charge is -2.31. The number of nitrogens with one attached hydrogen (secondary N) is 1. The molecule has 0 aliphatic carbocycles. The third-order valence-corrected chi connectivity index (χ3v) is 4.57. The lowest BCUT2D eigenvalue weighted by atomic mass is 9.97. The van der Waals surface area contributed by atoms with E-state index < -0.39 is 0 Å². The van der Waals surface area contributed by atoms with Crippen molar-refractivity contribution in [2.75, 3.05) is 45.8 Å². The van der Waals surface area contributed by atoms with Gasteiger partial charge in [-0.1, -0.05) is 6.92 Å². The molecule has 0 aromatic heterocycles. The summed E-state index contributed by atoms with van der Waals surface area (Å²) < 4.78 is 0. The van der Waals surface area contributed by atoms with E-state index in [-0.39, 0.29) is 0 Å². The largest absolute Gasteiger partial charge is 0.342 e. The summed E-state index contributed by atoms with van der Waals surface area (Å²) in [6.07, 6.45) is 6.20. The van der Waals surface area contributed by atoms with Gasteiger partial charge in [-0.05, 0) is 64.2 Å². The van der Waals surface area contributed by atoms with Crippen molar-refractivity contribution in [1.82, 2.24) is 15.1 Å². The van der Waals surface area contributed by atoms with Crippen molar-refractivity contribution in [3.8, 4) is 0 Å². The van der Waals surface area contributed by atoms with Crippen molar-refractivity contribution in [3.63, 3.8) is 0 Å². The molecule has 2 heterocycles. The Morgan fingerprint density at radius 1 is 1.11 bits per heavy atom. The van der Waals surface area contributed by atoms with Gasteiger partial charge in [0.25, 0.3) is 0 Å². The van der Waals surface area contributed by atoms with E-state index in [0.29, 0.717) is 12.5 Å². The highest BCUT2D eigenvalue weighted by Crippen LogP contribution is 2.15. The van der Waals surface area contributed by atoms with Gasteiger partial charge in [0.1, 0.15) is 0 Å². The highest BCUT2D eigenvalue weighted by atomic mass is 16.2. The zero-order chi connectivity index (χ0) is 13.5. The molecular formula is C15H29N3O. The van der Waals surface area contributed by atoms with E-state index in [1.54, 1.807) is 0 Å². The molecule has 0 aromatic carbocycles. The van der Waals surface area contributed by atoms with E-state index in [2.05, 4.69) is 17.1 Å². The van der Waals surface area contributed by atoms with E-state index in [0.717, 1.165) is 25.6 Å². The molecule has 0 aromatic rings. The Labute approximate surface area is 117 Å². The molecule has 0 atom stereocenters. The summed E-state index contributed by atoms with van der Waals surface area (Å²) in [6, 6.07) is 0. The number of hydrogen-bond acceptors (Lipinski definition) is 3. The average Bonchev–Trinajstić information content (AvgIpc) is 2.49. The van der Waals surface area contributed by atoms with Crippen LogP contribution in [0.25, 0.3) is 0 Å². The minimum absolute atomic E-state index is 0.297. The molecule has 110 valence electrons. The lowest BCUT2D eigenvalue weighted by Crippen LogP contribution is -2.43. The van der Waals surface area contributed by atoms with Crippen molar-refractivity contribution in [2.24, 2.45) is 5.92 Å². The number of hydrogen-bond donors (Lipinski definition) is 1. The van der Waals surface area contributed by atoms with Gasteiger partial charge in [0.2, 0.25) is 5.91 Å². The molecule has 0 saturated carbocycles. The molecule has 2 rings (SSSR count). The maximum Gasteiger partial charge on any atom is 0.236 e. The van der Waals surface area contributed by atoms with Crippen LogP contribution >= 0.6 is 0 Å². The van der Waals surface area contributed by atoms with Gasteiger partial charge in [0.05, 0.1) is 6.54 Å². The van der Waals surface area contributed by atoms with Gasteiger partial charge in [-0.25, -0.2) is 0 Å². The van der Waals surface area contributed by atoms with Gasteiger partial charge in [-0.2, -0.15) is 0 Å². The smallest absolute Gasteiger partial charge is 0.236 e. The maximum atomic E-state index is 12.0. The van der Waals surface area contributed by atoms with Crippen LogP contribution in [-0.4, -0.2) is 61.5 Å². The van der Waals surface area contributed by atoms with Crippen molar-refractivity contribution in [2.45, 2.75) is 39.0 Å². The van der Waals surface area contributed by atoms with Gasteiger partial charge in [-0.15, -0.1) is 0 Å². The summed E-state index contributed by atoms with van der Waals surface area (Å²) in [7, 11) is 0. The Morgan fingerprint density at radius 2 is 1.79 bits per heavy atom. The molecule has 2 aliphatic rings. The highest BCUT2D eigenvalue weighted by Gasteiger charge is 2.19. The van der Waals surface area contributed by atoms with Crippen molar-refractivity contribution in [3.05, 3.63) is 0 Å². The predicted octanol–water partition coefficient (Wildman–Crippen LogP) is 1.32. The fraction of sp³-hybridized carbons (Fsp3) is 0.933. The standard InChI is InChI=1S/C15H29N3O/c1-2-17-10-6-14(7-11-17)12-16-13-15(19)18-8-4-3-5-9-18/h14,16H,2-13H2,1H3. The maximum absolute atomic E-state index is 12.0. The second-order valence-electron chi connectivity index (χ2n) is 5.95. The fourth-order valence-electron chi connectivity index (χ4n) is 3.15. The number of amides is 1. The van der Waals surface area contributed by atoms with Crippen LogP contribution in [0, 0.1) is 5.92 Å². The van der Waals surface area contributed by atoms with Crippen LogP contribution in [0.2, 0.25) is 0 Å². The molecule has 4 nitrogen and oxygen atoms in total. The van der Waals surface area contributed by atoms with Gasteiger partial charge < -0.3 is 15.1 Å². The van der Waals surface area contributed by atoms with Crippen LogP contribution in [0.1, 0.15) is 39.0 Å². The van der Waals surface area contributed by atoms with Crippen molar-refractivity contribution >= 4 is 5.91 Å². The summed E-state index contributed by atoms with van der Waals surface area (Å²) in [5, 5.41) is 3.38. The molecule has 4 heteroatoms. The molecule has 1 N–H and O–H groups in total. The van der Waals surface area contributed by atoms with E-state index in [1.807, 2.05) is 4.90 Å². The second kappa shape index (κ2) is 7.85. The molecular weight excluding hydrogens is 238 g/mol. The molecule has 2 aliphatic heterocycles. The minimum atomic E-state index is 0.297. The first-order valence-corrected chi connectivity index (χ1v) is 8.00. The van der Waals surface area contributed by atoms with Gasteiger partial charge >= 0.3 is 0 Å². The number of likely N-dealkylation sites (tertiary alicyclic amines) is 2. The SMILES string of the molecule is CCN1CCC(CNCC(=O)N2CCCCC2)CC1. The number of rotatable bonds is 5. The van der Waals surface area contributed by atoms with E-state index in [1.165, 1.54) is 51.7 Å². The summed E-state index contributed by atoms with van der Waals surface area (Å²) in [5.74, 6) is 1.06. The fourth-order valence-corrected chi connectivity index (χ4v) is 3.15. The molecule has 1 amide bonds. The molecule has 2 saturated heterocycles. The number of piperidine rings is 2. The first-order valence-electron chi connectivity index (χ1n) is 8.00. The van der Waals surface area contributed by atoms with Crippen LogP contribution in [0.3, 0.4) is 0 Å². The van der Waals surface area contributed by atoms with E-state index in [4.69, 9.17) is 0 Å². The van der Waals surface area contributed by atoms with Crippen LogP contribution in [0.4, 0.5) is 0 Å². The van der Waals surface area contributed by atoms with Crippen molar-refractivity contribution < 1.29 is 4.79 Å². The molecule has 2 fully saturated rings. The lowest BCUT2D eigenvalue weighted by molar-refractivity contribution is -0.131. The van der Waals surface area contributed by atoms with Crippen LogP contribution in [0.5, 0.6) is 0 Å². The predicted molar refractivity (Wildman–Crippen MR) is 78.1 cm³/mol. The molecule has 19 heavy (non-hydrogen) atoms. The average molecular weight is 267 g/mol. The summed E-state index contributed by atoms with van der Waals surface area (Å²) in [6.45, 7) is 9.34. The number of carbonyl (C=O) groups excluding carboxylic acids is 1. The second-order valence-corrected chi connectivity index (χ2v) is 5.95. The first kappa shape index (κ1) is 14.8. The Balaban J connectivity index is 1.57. The first-order chi connectivity index (χ1) is 9.29. The minimum Gasteiger partial charge on any atom is -0.342 e. The normalized spacial score (nSPS) is 22.7. The van der Waals surface area contributed by atoms with Gasteiger partial charge in [0, 0.05) is 13.1 Å². The summed E-state index contributed by atoms with van der Waals surface area (Å²) >= 11 is 0. The quantitative estimate of drug-likeness (QED) is 0.816. The van der Waals surface area contributed by atoms with Crippen LogP contribution in [-0.2, 0) is 4.79 Å². The molecule has 0 radical (unpaired) electrons. The third kappa shape index (κ3) is 4.77. The molecule has 0 spiro atoms. The third-order valence-electron chi connectivity index (χ3n) is 4.57.